The van der Waals surface area contributed by atoms with Crippen LogP contribution in [0.15, 0.2) is 30.6 Å². The Hall–Kier alpha value is -2.14. The van der Waals surface area contributed by atoms with Gasteiger partial charge in [-0.3, -0.25) is 0 Å². The molecule has 104 valence electrons. The maximum absolute atomic E-state index is 11.6. The molecule has 1 aliphatic heterocycles. The number of nitrogens with zero attached hydrogens (tertiary/aromatic N) is 2. The number of carbonyl (C=O) groups excluding carboxylic acids is 1. The Morgan fingerprint density at radius 3 is 2.85 bits per heavy atom. The molecular weight excluding hydrogens is 256 g/mol. The fraction of sp³-hybridized carbons (Fsp3) is 0.333. The minimum Gasteiger partial charge on any atom is -0.464 e. The van der Waals surface area contributed by atoms with Gasteiger partial charge < -0.3 is 14.0 Å². The van der Waals surface area contributed by atoms with E-state index in [9.17, 15) is 4.79 Å². The van der Waals surface area contributed by atoms with Crippen LogP contribution in [-0.4, -0.2) is 22.6 Å². The van der Waals surface area contributed by atoms with Crippen LogP contribution in [0.5, 0.6) is 0 Å². The minimum atomic E-state index is -0.420. The van der Waals surface area contributed by atoms with Crippen LogP contribution >= 0.6 is 0 Å². The van der Waals surface area contributed by atoms with Crippen molar-refractivity contribution in [2.24, 2.45) is 0 Å². The number of aromatic nitrogens is 2. The van der Waals surface area contributed by atoms with E-state index in [0.29, 0.717) is 18.8 Å². The SMILES string of the molecule is COC(=O)c1ncn2c1CO[C@@H](c1ccc(C)cc1)C2. The molecule has 2 aromatic rings. The number of imidazole rings is 1. The summed E-state index contributed by atoms with van der Waals surface area (Å²) >= 11 is 0. The first-order valence-electron chi connectivity index (χ1n) is 6.49. The van der Waals surface area contributed by atoms with Crippen molar-refractivity contribution < 1.29 is 14.3 Å². The lowest BCUT2D eigenvalue weighted by Crippen LogP contribution is -2.22. The average Bonchev–Trinajstić information content (AvgIpc) is 2.90. The van der Waals surface area contributed by atoms with Crippen molar-refractivity contribution >= 4 is 5.97 Å². The van der Waals surface area contributed by atoms with E-state index in [2.05, 4.69) is 36.2 Å². The fourth-order valence-electron chi connectivity index (χ4n) is 2.38. The van der Waals surface area contributed by atoms with Crippen molar-refractivity contribution in [2.75, 3.05) is 7.11 Å². The quantitative estimate of drug-likeness (QED) is 0.787. The van der Waals surface area contributed by atoms with Gasteiger partial charge in [-0.2, -0.15) is 0 Å². The Morgan fingerprint density at radius 1 is 1.40 bits per heavy atom. The Morgan fingerprint density at radius 2 is 2.15 bits per heavy atom. The second-order valence-electron chi connectivity index (χ2n) is 4.89. The molecule has 1 aromatic heterocycles. The number of hydrogen-bond donors (Lipinski definition) is 0. The van der Waals surface area contributed by atoms with Gasteiger partial charge in [0.2, 0.25) is 0 Å². The van der Waals surface area contributed by atoms with Gasteiger partial charge in [-0.15, -0.1) is 0 Å². The van der Waals surface area contributed by atoms with Gasteiger partial charge in [0.15, 0.2) is 5.69 Å². The lowest BCUT2D eigenvalue weighted by atomic mass is 10.1. The van der Waals surface area contributed by atoms with Gasteiger partial charge in [-0.1, -0.05) is 29.8 Å². The van der Waals surface area contributed by atoms with Crippen LogP contribution in [0.1, 0.15) is 33.4 Å². The minimum absolute atomic E-state index is 0.0113. The highest BCUT2D eigenvalue weighted by molar-refractivity contribution is 5.88. The van der Waals surface area contributed by atoms with Gasteiger partial charge in [-0.05, 0) is 12.5 Å². The fourth-order valence-corrected chi connectivity index (χ4v) is 2.38. The predicted molar refractivity (Wildman–Crippen MR) is 72.3 cm³/mol. The van der Waals surface area contributed by atoms with E-state index in [0.717, 1.165) is 11.3 Å². The lowest BCUT2D eigenvalue weighted by molar-refractivity contribution is 0.00202. The topological polar surface area (TPSA) is 53.3 Å². The Bertz CT molecular complexity index is 631. The zero-order valence-electron chi connectivity index (χ0n) is 11.5. The molecule has 2 heterocycles. The molecule has 0 bridgehead atoms. The Kier molecular flexibility index (Phi) is 3.28. The normalized spacial score (nSPS) is 17.6. The summed E-state index contributed by atoms with van der Waals surface area (Å²) in [6.45, 7) is 3.08. The zero-order valence-corrected chi connectivity index (χ0v) is 11.5. The molecule has 0 spiro atoms. The third-order valence-corrected chi connectivity index (χ3v) is 3.56. The first kappa shape index (κ1) is 12.9. The van der Waals surface area contributed by atoms with Crippen LogP contribution in [0.25, 0.3) is 0 Å². The molecule has 5 nitrogen and oxygen atoms in total. The molecule has 0 saturated heterocycles. The molecule has 0 unspecified atom stereocenters. The van der Waals surface area contributed by atoms with E-state index < -0.39 is 5.97 Å². The predicted octanol–water partition coefficient (Wildman–Crippen LogP) is 2.25. The number of benzene rings is 1. The number of fused-ring (bicyclic) bond motifs is 1. The molecular formula is C15H16N2O3. The van der Waals surface area contributed by atoms with Crippen LogP contribution in [0.3, 0.4) is 0 Å². The lowest BCUT2D eigenvalue weighted by Gasteiger charge is -2.25. The number of ether oxygens (including phenoxy) is 2. The number of aryl methyl sites for hydroxylation is 1. The van der Waals surface area contributed by atoms with Crippen molar-refractivity contribution in [1.82, 2.24) is 9.55 Å². The van der Waals surface area contributed by atoms with E-state index in [1.807, 2.05) is 4.57 Å². The third-order valence-electron chi connectivity index (χ3n) is 3.56. The maximum atomic E-state index is 11.6. The molecule has 3 rings (SSSR count). The van der Waals surface area contributed by atoms with Crippen LogP contribution in [0.4, 0.5) is 0 Å². The van der Waals surface area contributed by atoms with Crippen molar-refractivity contribution in [1.29, 1.82) is 0 Å². The number of esters is 1. The summed E-state index contributed by atoms with van der Waals surface area (Å²) in [6, 6.07) is 8.29. The number of rotatable bonds is 2. The van der Waals surface area contributed by atoms with Crippen LogP contribution < -0.4 is 0 Å². The Labute approximate surface area is 117 Å². The molecule has 0 N–H and O–H groups in total. The highest BCUT2D eigenvalue weighted by Crippen LogP contribution is 2.28. The second-order valence-corrected chi connectivity index (χ2v) is 4.89. The third kappa shape index (κ3) is 2.20. The maximum Gasteiger partial charge on any atom is 0.358 e. The van der Waals surface area contributed by atoms with Crippen molar-refractivity contribution in [3.8, 4) is 0 Å². The molecule has 1 aromatic carbocycles. The van der Waals surface area contributed by atoms with Gasteiger partial charge in [-0.25, -0.2) is 9.78 Å². The molecule has 0 saturated carbocycles. The van der Waals surface area contributed by atoms with Gasteiger partial charge in [0.25, 0.3) is 0 Å². The summed E-state index contributed by atoms with van der Waals surface area (Å²) in [5.74, 6) is -0.420. The first-order valence-corrected chi connectivity index (χ1v) is 6.49. The first-order chi connectivity index (χ1) is 9.69. The molecule has 20 heavy (non-hydrogen) atoms. The Balaban J connectivity index is 1.84. The molecule has 1 atom stereocenters. The summed E-state index contributed by atoms with van der Waals surface area (Å²) in [7, 11) is 1.35. The van der Waals surface area contributed by atoms with Crippen LogP contribution in [-0.2, 0) is 22.6 Å². The van der Waals surface area contributed by atoms with Gasteiger partial charge in [0.1, 0.15) is 6.10 Å². The van der Waals surface area contributed by atoms with Crippen molar-refractivity contribution in [3.05, 3.63) is 53.1 Å². The molecule has 0 amide bonds. The number of hydrogen-bond acceptors (Lipinski definition) is 4. The standard InChI is InChI=1S/C15H16N2O3/c1-10-3-5-11(6-4-10)13-7-17-9-16-14(15(18)19-2)12(17)8-20-13/h3-6,9,13H,7-8H2,1-2H3/t13-/m1/s1. The van der Waals surface area contributed by atoms with E-state index in [-0.39, 0.29) is 6.10 Å². The highest BCUT2D eigenvalue weighted by atomic mass is 16.5. The van der Waals surface area contributed by atoms with Gasteiger partial charge >= 0.3 is 5.97 Å². The number of carbonyl (C=O) groups is 1. The summed E-state index contributed by atoms with van der Waals surface area (Å²) in [5, 5.41) is 0. The molecule has 0 fully saturated rings. The van der Waals surface area contributed by atoms with E-state index in [1.165, 1.54) is 12.7 Å². The van der Waals surface area contributed by atoms with E-state index in [4.69, 9.17) is 9.47 Å². The molecule has 5 heteroatoms. The summed E-state index contributed by atoms with van der Waals surface area (Å²) in [4.78, 5) is 15.7. The summed E-state index contributed by atoms with van der Waals surface area (Å²) in [6.07, 6.45) is 1.66. The average molecular weight is 272 g/mol. The van der Waals surface area contributed by atoms with E-state index >= 15 is 0 Å². The van der Waals surface area contributed by atoms with Gasteiger partial charge in [0.05, 0.1) is 32.3 Å². The molecule has 0 radical (unpaired) electrons. The number of methoxy groups -OCH3 is 1. The van der Waals surface area contributed by atoms with E-state index in [1.54, 1.807) is 6.33 Å². The summed E-state index contributed by atoms with van der Waals surface area (Å²) < 4.78 is 12.5. The second kappa shape index (κ2) is 5.09. The summed E-state index contributed by atoms with van der Waals surface area (Å²) in [5.41, 5.74) is 3.48. The van der Waals surface area contributed by atoms with Crippen LogP contribution in [0.2, 0.25) is 0 Å². The monoisotopic (exact) mass is 272 g/mol. The zero-order chi connectivity index (χ0) is 14.1. The molecule has 1 aliphatic rings. The highest BCUT2D eigenvalue weighted by Gasteiger charge is 2.26. The van der Waals surface area contributed by atoms with Crippen LogP contribution in [0, 0.1) is 6.92 Å². The van der Waals surface area contributed by atoms with Crippen molar-refractivity contribution in [2.45, 2.75) is 26.2 Å². The van der Waals surface area contributed by atoms with Crippen molar-refractivity contribution in [3.63, 3.8) is 0 Å². The van der Waals surface area contributed by atoms with Gasteiger partial charge in [0, 0.05) is 0 Å². The smallest absolute Gasteiger partial charge is 0.358 e. The largest absolute Gasteiger partial charge is 0.464 e. The molecule has 0 aliphatic carbocycles.